The van der Waals surface area contributed by atoms with Crippen LogP contribution in [0.5, 0.6) is 0 Å². The zero-order chi connectivity index (χ0) is 9.42. The average molecular weight is 194 g/mol. The van der Waals surface area contributed by atoms with E-state index in [0.29, 0.717) is 5.57 Å². The van der Waals surface area contributed by atoms with Crippen molar-refractivity contribution < 1.29 is 10.1 Å². The van der Waals surface area contributed by atoms with Crippen LogP contribution in [0.3, 0.4) is 0 Å². The number of fused-ring (bicyclic) bond motifs is 1. The number of hydrogen-bond donors (Lipinski definition) is 1. The summed E-state index contributed by atoms with van der Waals surface area (Å²) in [6, 6.07) is 0. The topological polar surface area (TPSA) is 59.2 Å². The molecule has 1 aliphatic carbocycles. The monoisotopic (exact) mass is 194 g/mol. The second-order valence-corrected chi connectivity index (χ2v) is 3.46. The van der Waals surface area contributed by atoms with Crippen molar-refractivity contribution in [2.24, 2.45) is 0 Å². The van der Waals surface area contributed by atoms with Crippen LogP contribution in [-0.4, -0.2) is 20.8 Å². The summed E-state index contributed by atoms with van der Waals surface area (Å²) < 4.78 is 0.859. The van der Waals surface area contributed by atoms with Gasteiger partial charge in [-0.2, -0.15) is 0 Å². The van der Waals surface area contributed by atoms with Crippen molar-refractivity contribution >= 4 is 29.2 Å². The Morgan fingerprint density at radius 3 is 3.00 bits per heavy atom. The number of allylic oxidation sites excluding steroid dienone is 1. The summed E-state index contributed by atoms with van der Waals surface area (Å²) in [5.41, 5.74) is 2.31. The molecule has 0 aromatic carbocycles. The van der Waals surface area contributed by atoms with Crippen molar-refractivity contribution in [2.75, 3.05) is 0 Å². The van der Waals surface area contributed by atoms with E-state index in [2.05, 4.69) is 11.6 Å². The first kappa shape index (κ1) is 8.00. The molecular formula is C8H6N2O2S. The molecule has 1 aromatic heterocycles. The molecule has 1 aliphatic rings. The summed E-state index contributed by atoms with van der Waals surface area (Å²) in [5.74, 6) is 0. The van der Waals surface area contributed by atoms with Crippen molar-refractivity contribution in [1.82, 2.24) is 4.98 Å². The fourth-order valence-corrected chi connectivity index (χ4v) is 1.81. The molecule has 0 radical (unpaired) electrons. The summed E-state index contributed by atoms with van der Waals surface area (Å²) in [5, 5.41) is 20.2. The van der Waals surface area contributed by atoms with Crippen LogP contribution in [0.2, 0.25) is 0 Å². The maximum absolute atomic E-state index is 10.6. The third-order valence-electron chi connectivity index (χ3n) is 1.74. The molecule has 0 unspecified atom stereocenters. The normalized spacial score (nSPS) is 18.6. The Morgan fingerprint density at radius 1 is 1.54 bits per heavy atom. The van der Waals surface area contributed by atoms with Crippen molar-refractivity contribution in [3.05, 3.63) is 32.8 Å². The first-order chi connectivity index (χ1) is 6.18. The zero-order valence-corrected chi connectivity index (χ0v) is 7.41. The van der Waals surface area contributed by atoms with Gasteiger partial charge in [-0.1, -0.05) is 6.58 Å². The van der Waals surface area contributed by atoms with Crippen LogP contribution in [0.4, 0.5) is 0 Å². The van der Waals surface area contributed by atoms with Crippen molar-refractivity contribution in [1.29, 1.82) is 0 Å². The first-order valence-electron chi connectivity index (χ1n) is 3.54. The highest BCUT2D eigenvalue weighted by Crippen LogP contribution is 2.01. The lowest BCUT2D eigenvalue weighted by Gasteiger charge is -1.98. The third kappa shape index (κ3) is 1.23. The van der Waals surface area contributed by atoms with Gasteiger partial charge in [-0.25, -0.2) is 4.98 Å². The van der Waals surface area contributed by atoms with Crippen LogP contribution in [0, 0.1) is 5.21 Å². The van der Waals surface area contributed by atoms with E-state index in [-0.39, 0.29) is 10.6 Å². The Kier molecular flexibility index (Phi) is 1.66. The quantitative estimate of drug-likeness (QED) is 0.348. The molecule has 2 rings (SSSR count). The fourth-order valence-electron chi connectivity index (χ4n) is 1.11. The molecule has 1 N–H and O–H groups in total. The number of nitrogens with zero attached hydrogens (tertiary/aromatic N) is 2. The molecule has 66 valence electrons. The molecular weight excluding hydrogens is 188 g/mol. The fraction of sp³-hybridized carbons (Fsp3) is 0. The molecule has 4 nitrogen and oxygen atoms in total. The Balaban J connectivity index is 2.79. The zero-order valence-electron chi connectivity index (χ0n) is 6.60. The molecule has 0 fully saturated rings. The maximum atomic E-state index is 10.6. The Bertz CT molecular complexity index is 508. The van der Waals surface area contributed by atoms with E-state index < -0.39 is 0 Å². The van der Waals surface area contributed by atoms with Gasteiger partial charge in [-0.05, 0) is 6.08 Å². The van der Waals surface area contributed by atoms with Crippen molar-refractivity contribution in [2.45, 2.75) is 0 Å². The van der Waals surface area contributed by atoms with Gasteiger partial charge in [-0.15, -0.1) is 11.3 Å². The maximum Gasteiger partial charge on any atom is 0.275 e. The molecule has 0 amide bonds. The van der Waals surface area contributed by atoms with Crippen molar-refractivity contribution in [3.63, 3.8) is 0 Å². The summed E-state index contributed by atoms with van der Waals surface area (Å²) >= 11 is 1.41. The highest BCUT2D eigenvalue weighted by molar-refractivity contribution is 7.07. The van der Waals surface area contributed by atoms with Gasteiger partial charge in [0.1, 0.15) is 0 Å². The van der Waals surface area contributed by atoms with Gasteiger partial charge in [0.2, 0.25) is 0 Å². The minimum absolute atomic E-state index is 0.164. The van der Waals surface area contributed by atoms with E-state index in [1.807, 2.05) is 0 Å². The average Bonchev–Trinajstić information content (AvgIpc) is 2.48. The van der Waals surface area contributed by atoms with E-state index in [1.54, 1.807) is 17.7 Å². The van der Waals surface area contributed by atoms with Gasteiger partial charge in [0.15, 0.2) is 0 Å². The molecule has 0 saturated heterocycles. The largest absolute Gasteiger partial charge is 0.417 e. The predicted octanol–water partition coefficient (Wildman–Crippen LogP) is -0.386. The Hall–Kier alpha value is -1.62. The van der Waals surface area contributed by atoms with E-state index >= 15 is 0 Å². The van der Waals surface area contributed by atoms with Gasteiger partial charge in [0.25, 0.3) is 5.71 Å². The van der Waals surface area contributed by atoms with Crippen LogP contribution in [0.1, 0.15) is 0 Å². The van der Waals surface area contributed by atoms with E-state index in [9.17, 15) is 5.21 Å². The van der Waals surface area contributed by atoms with Crippen LogP contribution >= 0.6 is 11.3 Å². The van der Waals surface area contributed by atoms with Gasteiger partial charge in [-0.3, -0.25) is 5.21 Å². The second kappa shape index (κ2) is 2.70. The van der Waals surface area contributed by atoms with E-state index in [4.69, 9.17) is 5.21 Å². The van der Waals surface area contributed by atoms with Gasteiger partial charge in [0, 0.05) is 16.6 Å². The van der Waals surface area contributed by atoms with Crippen LogP contribution in [0.25, 0.3) is 12.2 Å². The summed E-state index contributed by atoms with van der Waals surface area (Å²) in [4.78, 5) is 3.88. The van der Waals surface area contributed by atoms with E-state index in [0.717, 1.165) is 9.88 Å². The molecule has 0 atom stereocenters. The smallest absolute Gasteiger partial charge is 0.275 e. The number of rotatable bonds is 0. The summed E-state index contributed by atoms with van der Waals surface area (Å²) in [6.45, 7) is 3.63. The number of thiazole rings is 1. The summed E-state index contributed by atoms with van der Waals surface area (Å²) in [7, 11) is 0. The van der Waals surface area contributed by atoms with Crippen LogP contribution in [0.15, 0.2) is 17.7 Å². The number of hydrogen-bond acceptors (Lipinski definition) is 4. The number of aromatic nitrogens is 1. The van der Waals surface area contributed by atoms with Crippen molar-refractivity contribution in [3.8, 4) is 0 Å². The molecule has 0 spiro atoms. The highest BCUT2D eigenvalue weighted by atomic mass is 32.1. The highest BCUT2D eigenvalue weighted by Gasteiger charge is 2.14. The molecule has 0 bridgehead atoms. The Labute approximate surface area is 77.6 Å². The summed E-state index contributed by atoms with van der Waals surface area (Å²) in [6.07, 6.45) is 3.24. The molecule has 1 heterocycles. The lowest BCUT2D eigenvalue weighted by Crippen LogP contribution is -2.29. The van der Waals surface area contributed by atoms with Crippen LogP contribution in [-0.2, 0) is 0 Å². The standard InChI is InChI=1S/C8H6N2O2S/c1-5-2-6-8(13-4-9-6)3-7(5)10(11)12/h2-4H,1H2,(H,11,12). The predicted molar refractivity (Wildman–Crippen MR) is 49.9 cm³/mol. The van der Waals surface area contributed by atoms with Gasteiger partial charge >= 0.3 is 0 Å². The molecule has 1 aromatic rings. The molecule has 13 heavy (non-hydrogen) atoms. The molecule has 5 heteroatoms. The SMILES string of the molecule is C=C1C=c2ncsc2=C/C1=[N+](/[O-])O. The Morgan fingerprint density at radius 2 is 2.31 bits per heavy atom. The van der Waals surface area contributed by atoms with E-state index in [1.165, 1.54) is 11.3 Å². The minimum Gasteiger partial charge on any atom is -0.417 e. The first-order valence-corrected chi connectivity index (χ1v) is 4.42. The lowest BCUT2D eigenvalue weighted by molar-refractivity contribution is -0.724. The van der Waals surface area contributed by atoms with Gasteiger partial charge < -0.3 is 5.21 Å². The molecule has 0 aliphatic heterocycles. The molecule has 0 saturated carbocycles. The third-order valence-corrected chi connectivity index (χ3v) is 2.53. The minimum atomic E-state index is -0.179. The second-order valence-electron chi connectivity index (χ2n) is 2.57. The lowest BCUT2D eigenvalue weighted by atomic mass is 10.1. The van der Waals surface area contributed by atoms with Gasteiger partial charge in [0.05, 0.1) is 15.4 Å². The van der Waals surface area contributed by atoms with Crippen LogP contribution < -0.4 is 9.88 Å².